The summed E-state index contributed by atoms with van der Waals surface area (Å²) in [4.78, 5) is 52.2. The summed E-state index contributed by atoms with van der Waals surface area (Å²) in [6, 6.07) is 2.43. The second kappa shape index (κ2) is 6.48. The van der Waals surface area contributed by atoms with Crippen molar-refractivity contribution in [1.82, 2.24) is 15.5 Å². The van der Waals surface area contributed by atoms with E-state index >= 15 is 0 Å². The van der Waals surface area contributed by atoms with Crippen molar-refractivity contribution in [2.24, 2.45) is 0 Å². The van der Waals surface area contributed by atoms with Gasteiger partial charge in [-0.25, -0.2) is 0 Å². The first-order valence-corrected chi connectivity index (χ1v) is 9.27. The average Bonchev–Trinajstić information content (AvgIpc) is 2.86. The van der Waals surface area contributed by atoms with Crippen LogP contribution >= 0.6 is 15.9 Å². The molecule has 3 aliphatic heterocycles. The maximum absolute atomic E-state index is 12.9. The number of fused-ring (bicyclic) bond motifs is 1. The molecule has 1 aromatic carbocycles. The number of piperazine rings is 1. The molecular formula is C17H17BrN4O4. The Balaban J connectivity index is 1.68. The van der Waals surface area contributed by atoms with Crippen molar-refractivity contribution in [2.75, 3.05) is 31.1 Å². The zero-order chi connectivity index (χ0) is 18.4. The summed E-state index contributed by atoms with van der Waals surface area (Å²) in [5.74, 6) is -1.96. The molecule has 1 unspecified atom stereocenters. The first-order valence-electron chi connectivity index (χ1n) is 8.48. The fourth-order valence-electron chi connectivity index (χ4n) is 3.63. The van der Waals surface area contributed by atoms with Gasteiger partial charge in [0.1, 0.15) is 6.04 Å². The number of nitrogens with one attached hydrogen (secondary N) is 2. The number of hydrogen-bond donors (Lipinski definition) is 2. The highest BCUT2D eigenvalue weighted by Gasteiger charge is 2.45. The Bertz CT molecular complexity index is 834. The van der Waals surface area contributed by atoms with Crippen molar-refractivity contribution in [2.45, 2.75) is 18.9 Å². The first-order chi connectivity index (χ1) is 12.5. The zero-order valence-electron chi connectivity index (χ0n) is 13.9. The van der Waals surface area contributed by atoms with Crippen molar-refractivity contribution in [3.8, 4) is 0 Å². The standard InChI is InChI=1S/C17H17BrN4O4/c18-11-7-9-10(8-13(11)21-5-3-19-4-6-21)17(26)22(16(9)25)12-1-2-14(23)20-15(12)24/h7-8,12,19H,1-6H2,(H,20,23,24). The van der Waals surface area contributed by atoms with Crippen molar-refractivity contribution in [3.63, 3.8) is 0 Å². The highest BCUT2D eigenvalue weighted by Crippen LogP contribution is 2.35. The van der Waals surface area contributed by atoms with Crippen molar-refractivity contribution in [3.05, 3.63) is 27.7 Å². The molecule has 136 valence electrons. The Morgan fingerprint density at radius 1 is 1.00 bits per heavy atom. The molecule has 9 heteroatoms. The summed E-state index contributed by atoms with van der Waals surface area (Å²) in [6.45, 7) is 3.30. The van der Waals surface area contributed by atoms with Crippen LogP contribution in [0.25, 0.3) is 0 Å². The topological polar surface area (TPSA) is 98.8 Å². The fourth-order valence-corrected chi connectivity index (χ4v) is 4.22. The molecule has 8 nitrogen and oxygen atoms in total. The van der Waals surface area contributed by atoms with E-state index < -0.39 is 23.8 Å². The van der Waals surface area contributed by atoms with Crippen molar-refractivity contribution in [1.29, 1.82) is 0 Å². The van der Waals surface area contributed by atoms with Gasteiger partial charge in [0.25, 0.3) is 11.8 Å². The predicted octanol–water partition coefficient (Wildman–Crippen LogP) is 0.260. The van der Waals surface area contributed by atoms with Gasteiger partial charge >= 0.3 is 0 Å². The lowest BCUT2D eigenvalue weighted by Gasteiger charge is -2.30. The highest BCUT2D eigenvalue weighted by molar-refractivity contribution is 9.10. The molecule has 1 aromatic rings. The van der Waals surface area contributed by atoms with Crippen LogP contribution in [0.2, 0.25) is 0 Å². The summed E-state index contributed by atoms with van der Waals surface area (Å²) in [5.41, 5.74) is 1.44. The molecule has 4 rings (SSSR count). The number of imide groups is 2. The molecule has 0 aliphatic carbocycles. The van der Waals surface area contributed by atoms with E-state index in [9.17, 15) is 19.2 Å². The van der Waals surface area contributed by atoms with Crippen LogP contribution in [-0.4, -0.2) is 60.7 Å². The second-order valence-corrected chi connectivity index (χ2v) is 7.39. The SMILES string of the molecule is O=C1CCC(N2C(=O)c3cc(Br)c(N4CCNCC4)cc3C2=O)C(=O)N1. The molecule has 26 heavy (non-hydrogen) atoms. The molecule has 0 radical (unpaired) electrons. The number of hydrogen-bond acceptors (Lipinski definition) is 6. The van der Waals surface area contributed by atoms with Gasteiger partial charge in [-0.15, -0.1) is 0 Å². The highest BCUT2D eigenvalue weighted by atomic mass is 79.9. The van der Waals surface area contributed by atoms with E-state index in [0.717, 1.165) is 41.2 Å². The third kappa shape index (κ3) is 2.71. The minimum absolute atomic E-state index is 0.111. The Hall–Kier alpha value is -2.26. The monoisotopic (exact) mass is 420 g/mol. The summed E-state index contributed by atoms with van der Waals surface area (Å²) >= 11 is 3.50. The number of nitrogens with zero attached hydrogens (tertiary/aromatic N) is 2. The molecule has 4 amide bonds. The van der Waals surface area contributed by atoms with Crippen LogP contribution in [0.4, 0.5) is 5.69 Å². The molecule has 2 fully saturated rings. The van der Waals surface area contributed by atoms with Crippen LogP contribution in [0.1, 0.15) is 33.6 Å². The van der Waals surface area contributed by atoms with Gasteiger partial charge in [0, 0.05) is 37.1 Å². The van der Waals surface area contributed by atoms with Gasteiger partial charge in [0.15, 0.2) is 0 Å². The van der Waals surface area contributed by atoms with Crippen LogP contribution in [-0.2, 0) is 9.59 Å². The lowest BCUT2D eigenvalue weighted by atomic mass is 10.0. The molecule has 0 spiro atoms. The van der Waals surface area contributed by atoms with E-state index in [0.29, 0.717) is 5.56 Å². The molecular weight excluding hydrogens is 404 g/mol. The quantitative estimate of drug-likeness (QED) is 0.665. The minimum Gasteiger partial charge on any atom is -0.368 e. The summed E-state index contributed by atoms with van der Waals surface area (Å²) in [5, 5.41) is 5.47. The number of carbonyl (C=O) groups excluding carboxylic acids is 4. The second-order valence-electron chi connectivity index (χ2n) is 6.53. The van der Waals surface area contributed by atoms with Gasteiger partial charge in [-0.1, -0.05) is 0 Å². The number of piperidine rings is 1. The lowest BCUT2D eigenvalue weighted by Crippen LogP contribution is -2.54. The Kier molecular flexibility index (Phi) is 4.28. The zero-order valence-corrected chi connectivity index (χ0v) is 15.5. The smallest absolute Gasteiger partial charge is 0.262 e. The largest absolute Gasteiger partial charge is 0.368 e. The Labute approximate surface area is 158 Å². The third-order valence-corrected chi connectivity index (χ3v) is 5.60. The van der Waals surface area contributed by atoms with E-state index in [1.165, 1.54) is 0 Å². The van der Waals surface area contributed by atoms with E-state index in [1.807, 2.05) is 0 Å². The number of anilines is 1. The summed E-state index contributed by atoms with van der Waals surface area (Å²) in [7, 11) is 0. The van der Waals surface area contributed by atoms with Crippen molar-refractivity contribution < 1.29 is 19.2 Å². The van der Waals surface area contributed by atoms with Gasteiger partial charge in [0.2, 0.25) is 11.8 Å². The number of rotatable bonds is 2. The minimum atomic E-state index is -0.943. The summed E-state index contributed by atoms with van der Waals surface area (Å²) < 4.78 is 0.740. The van der Waals surface area contributed by atoms with E-state index in [2.05, 4.69) is 31.5 Å². The molecule has 0 bridgehead atoms. The van der Waals surface area contributed by atoms with Gasteiger partial charge in [0.05, 0.1) is 16.8 Å². The Morgan fingerprint density at radius 2 is 1.65 bits per heavy atom. The van der Waals surface area contributed by atoms with Crippen LogP contribution in [0.3, 0.4) is 0 Å². The number of halogens is 1. The summed E-state index contributed by atoms with van der Waals surface area (Å²) in [6.07, 6.45) is 0.265. The maximum atomic E-state index is 12.9. The van der Waals surface area contributed by atoms with Crippen LogP contribution in [0.15, 0.2) is 16.6 Å². The maximum Gasteiger partial charge on any atom is 0.262 e. The number of carbonyl (C=O) groups is 4. The van der Waals surface area contributed by atoms with E-state index in [1.54, 1.807) is 12.1 Å². The number of benzene rings is 1. The van der Waals surface area contributed by atoms with Gasteiger partial charge in [-0.3, -0.25) is 29.4 Å². The van der Waals surface area contributed by atoms with Crippen LogP contribution in [0.5, 0.6) is 0 Å². The Morgan fingerprint density at radius 3 is 2.31 bits per heavy atom. The van der Waals surface area contributed by atoms with Gasteiger partial charge < -0.3 is 10.2 Å². The van der Waals surface area contributed by atoms with Gasteiger partial charge in [-0.2, -0.15) is 0 Å². The molecule has 2 saturated heterocycles. The molecule has 0 aromatic heterocycles. The predicted molar refractivity (Wildman–Crippen MR) is 95.9 cm³/mol. The molecule has 0 saturated carbocycles. The van der Waals surface area contributed by atoms with E-state index in [-0.39, 0.29) is 24.3 Å². The molecule has 3 heterocycles. The molecule has 3 aliphatic rings. The number of amides is 4. The van der Waals surface area contributed by atoms with Crippen LogP contribution < -0.4 is 15.5 Å². The van der Waals surface area contributed by atoms with Crippen molar-refractivity contribution >= 4 is 45.2 Å². The third-order valence-electron chi connectivity index (χ3n) is 4.96. The van der Waals surface area contributed by atoms with Gasteiger partial charge in [-0.05, 0) is 34.5 Å². The lowest BCUT2D eigenvalue weighted by molar-refractivity contribution is -0.136. The first kappa shape index (κ1) is 17.2. The molecule has 2 N–H and O–H groups in total. The molecule has 1 atom stereocenters. The normalized spacial score (nSPS) is 23.3. The van der Waals surface area contributed by atoms with Crippen LogP contribution in [0, 0.1) is 0 Å². The van der Waals surface area contributed by atoms with E-state index in [4.69, 9.17) is 0 Å². The average molecular weight is 421 g/mol. The fraction of sp³-hybridized carbons (Fsp3) is 0.412.